The Kier molecular flexibility index (Phi) is 5.03. The van der Waals surface area contributed by atoms with E-state index in [0.29, 0.717) is 30.1 Å². The van der Waals surface area contributed by atoms with Crippen molar-refractivity contribution in [3.8, 4) is 0 Å². The van der Waals surface area contributed by atoms with Crippen LogP contribution in [-0.4, -0.2) is 50.1 Å². The van der Waals surface area contributed by atoms with E-state index in [-0.39, 0.29) is 12.6 Å². The molecule has 0 amide bonds. The van der Waals surface area contributed by atoms with Crippen LogP contribution >= 0.6 is 11.3 Å². The molecular weight excluding hydrogens is 312 g/mol. The van der Waals surface area contributed by atoms with Gasteiger partial charge in [0.15, 0.2) is 0 Å². The van der Waals surface area contributed by atoms with Gasteiger partial charge in [-0.2, -0.15) is 0 Å². The number of carboxylic acids is 1. The minimum Gasteiger partial charge on any atom is -0.480 e. The van der Waals surface area contributed by atoms with Crippen molar-refractivity contribution in [2.24, 2.45) is 0 Å². The lowest BCUT2D eigenvalue weighted by molar-refractivity contribution is -0.138. The maximum Gasteiger partial charge on any atom is 0.317 e. The standard InChI is InChI=1S/C13H20N2O4S2/c1-9-7-10(2)20-13(9)21(18,19)14-11-3-5-15(6-4-11)8-12(16)17/h7,11,14H,3-6,8H2,1-2H3,(H,16,17). The van der Waals surface area contributed by atoms with Crippen LogP contribution in [0.1, 0.15) is 23.3 Å². The van der Waals surface area contributed by atoms with Gasteiger partial charge in [0, 0.05) is 24.0 Å². The molecule has 1 aromatic rings. The second-order valence-electron chi connectivity index (χ2n) is 5.39. The van der Waals surface area contributed by atoms with Crippen molar-refractivity contribution in [3.63, 3.8) is 0 Å². The van der Waals surface area contributed by atoms with Gasteiger partial charge in [-0.25, -0.2) is 13.1 Å². The lowest BCUT2D eigenvalue weighted by atomic mass is 10.1. The van der Waals surface area contributed by atoms with Gasteiger partial charge in [-0.15, -0.1) is 11.3 Å². The van der Waals surface area contributed by atoms with Crippen LogP contribution in [0.4, 0.5) is 0 Å². The summed E-state index contributed by atoms with van der Waals surface area (Å²) in [5, 5.41) is 8.75. The highest BCUT2D eigenvalue weighted by atomic mass is 32.2. The van der Waals surface area contributed by atoms with E-state index >= 15 is 0 Å². The van der Waals surface area contributed by atoms with Crippen LogP contribution in [0.5, 0.6) is 0 Å². The molecule has 0 unspecified atom stereocenters. The Morgan fingerprint density at radius 3 is 2.52 bits per heavy atom. The molecule has 1 aliphatic heterocycles. The molecule has 0 atom stereocenters. The number of nitrogens with zero attached hydrogens (tertiary/aromatic N) is 1. The van der Waals surface area contributed by atoms with E-state index in [2.05, 4.69) is 4.72 Å². The highest BCUT2D eigenvalue weighted by molar-refractivity contribution is 7.91. The third kappa shape index (κ3) is 4.26. The minimum absolute atomic E-state index is 0.0166. The zero-order valence-corrected chi connectivity index (χ0v) is 13.8. The van der Waals surface area contributed by atoms with Crippen molar-refractivity contribution < 1.29 is 18.3 Å². The Morgan fingerprint density at radius 1 is 1.43 bits per heavy atom. The number of likely N-dealkylation sites (tertiary alicyclic amines) is 1. The summed E-state index contributed by atoms with van der Waals surface area (Å²) >= 11 is 1.28. The summed E-state index contributed by atoms with van der Waals surface area (Å²) in [6, 6.07) is 1.75. The number of sulfonamides is 1. The van der Waals surface area contributed by atoms with Crippen LogP contribution in [0.3, 0.4) is 0 Å². The molecule has 0 saturated carbocycles. The molecule has 118 valence electrons. The molecule has 6 nitrogen and oxygen atoms in total. The monoisotopic (exact) mass is 332 g/mol. The summed E-state index contributed by atoms with van der Waals surface area (Å²) in [6.07, 6.45) is 1.27. The van der Waals surface area contributed by atoms with Gasteiger partial charge < -0.3 is 5.11 Å². The van der Waals surface area contributed by atoms with E-state index in [1.165, 1.54) is 11.3 Å². The summed E-state index contributed by atoms with van der Waals surface area (Å²) < 4.78 is 27.9. The second kappa shape index (κ2) is 6.43. The number of hydrogen-bond acceptors (Lipinski definition) is 5. The molecule has 0 radical (unpaired) electrons. The SMILES string of the molecule is Cc1cc(C)c(S(=O)(=O)NC2CCN(CC(=O)O)CC2)s1. The Labute approximate surface area is 128 Å². The number of piperidine rings is 1. The topological polar surface area (TPSA) is 86.7 Å². The normalized spacial score (nSPS) is 18.0. The number of rotatable bonds is 5. The summed E-state index contributed by atoms with van der Waals surface area (Å²) in [5.41, 5.74) is 0.772. The molecule has 0 bridgehead atoms. The van der Waals surface area contributed by atoms with Crippen LogP contribution in [0, 0.1) is 13.8 Å². The van der Waals surface area contributed by atoms with Gasteiger partial charge >= 0.3 is 5.97 Å². The predicted molar refractivity (Wildman–Crippen MR) is 81.2 cm³/mol. The number of nitrogens with one attached hydrogen (secondary N) is 1. The Morgan fingerprint density at radius 2 is 2.05 bits per heavy atom. The first-order valence-corrected chi connectivity index (χ1v) is 9.11. The van der Waals surface area contributed by atoms with Crippen molar-refractivity contribution >= 4 is 27.3 Å². The van der Waals surface area contributed by atoms with Crippen LogP contribution in [0.15, 0.2) is 10.3 Å². The smallest absolute Gasteiger partial charge is 0.317 e. The summed E-state index contributed by atoms with van der Waals surface area (Å²) in [6.45, 7) is 4.90. The van der Waals surface area contributed by atoms with E-state index in [4.69, 9.17) is 5.11 Å². The zero-order valence-electron chi connectivity index (χ0n) is 12.1. The molecule has 0 aliphatic carbocycles. The number of aryl methyl sites for hydroxylation is 2. The maximum absolute atomic E-state index is 12.4. The van der Waals surface area contributed by atoms with Gasteiger partial charge in [0.25, 0.3) is 10.0 Å². The molecular formula is C13H20N2O4S2. The zero-order chi connectivity index (χ0) is 15.6. The Bertz CT molecular complexity index is 616. The largest absolute Gasteiger partial charge is 0.480 e. The number of carbonyl (C=O) groups is 1. The molecule has 1 fully saturated rings. The van der Waals surface area contributed by atoms with E-state index in [1.807, 2.05) is 17.9 Å². The van der Waals surface area contributed by atoms with E-state index in [1.54, 1.807) is 6.92 Å². The highest BCUT2D eigenvalue weighted by Gasteiger charge is 2.27. The van der Waals surface area contributed by atoms with Crippen molar-refractivity contribution in [1.29, 1.82) is 0 Å². The van der Waals surface area contributed by atoms with Gasteiger partial charge in [-0.1, -0.05) is 0 Å². The fraction of sp³-hybridized carbons (Fsp3) is 0.615. The van der Waals surface area contributed by atoms with Crippen LogP contribution < -0.4 is 4.72 Å². The first-order valence-electron chi connectivity index (χ1n) is 6.81. The first-order chi connectivity index (χ1) is 9.78. The lowest BCUT2D eigenvalue weighted by Gasteiger charge is -2.30. The van der Waals surface area contributed by atoms with E-state index in [0.717, 1.165) is 10.4 Å². The Balaban J connectivity index is 1.97. The molecule has 2 N–H and O–H groups in total. The van der Waals surface area contributed by atoms with Gasteiger partial charge in [-0.3, -0.25) is 9.69 Å². The predicted octanol–water partition coefficient (Wildman–Crippen LogP) is 1.19. The minimum atomic E-state index is -3.48. The van der Waals surface area contributed by atoms with Crippen molar-refractivity contribution in [2.75, 3.05) is 19.6 Å². The lowest BCUT2D eigenvalue weighted by Crippen LogP contribution is -2.45. The third-order valence-electron chi connectivity index (χ3n) is 3.51. The van der Waals surface area contributed by atoms with Gasteiger partial charge in [0.2, 0.25) is 0 Å². The van der Waals surface area contributed by atoms with Gasteiger partial charge in [0.1, 0.15) is 4.21 Å². The third-order valence-corrected chi connectivity index (χ3v) is 6.82. The highest BCUT2D eigenvalue weighted by Crippen LogP contribution is 2.26. The van der Waals surface area contributed by atoms with Gasteiger partial charge in [0.05, 0.1) is 6.54 Å². The molecule has 1 saturated heterocycles. The summed E-state index contributed by atoms with van der Waals surface area (Å²) in [4.78, 5) is 13.5. The maximum atomic E-state index is 12.4. The van der Waals surface area contributed by atoms with Crippen molar-refractivity contribution in [2.45, 2.75) is 36.9 Å². The molecule has 21 heavy (non-hydrogen) atoms. The first kappa shape index (κ1) is 16.4. The van der Waals surface area contributed by atoms with Crippen LogP contribution in [-0.2, 0) is 14.8 Å². The molecule has 0 aromatic carbocycles. The number of hydrogen-bond donors (Lipinski definition) is 2. The summed E-state index contributed by atoms with van der Waals surface area (Å²) in [7, 11) is -3.48. The molecule has 2 heterocycles. The van der Waals surface area contributed by atoms with Crippen LogP contribution in [0.2, 0.25) is 0 Å². The fourth-order valence-electron chi connectivity index (χ4n) is 2.56. The molecule has 2 rings (SSSR count). The van der Waals surface area contributed by atoms with Crippen molar-refractivity contribution in [1.82, 2.24) is 9.62 Å². The number of aliphatic carboxylic acids is 1. The van der Waals surface area contributed by atoms with E-state index in [9.17, 15) is 13.2 Å². The quantitative estimate of drug-likeness (QED) is 0.846. The number of thiophene rings is 1. The Hall–Kier alpha value is -0.960. The second-order valence-corrected chi connectivity index (χ2v) is 8.56. The fourth-order valence-corrected chi connectivity index (χ4v) is 5.55. The number of carboxylic acid groups (broad SMARTS) is 1. The molecule has 1 aliphatic rings. The average Bonchev–Trinajstić information content (AvgIpc) is 2.71. The van der Waals surface area contributed by atoms with Crippen LogP contribution in [0.25, 0.3) is 0 Å². The molecule has 8 heteroatoms. The van der Waals surface area contributed by atoms with E-state index < -0.39 is 16.0 Å². The average molecular weight is 332 g/mol. The molecule has 0 spiro atoms. The molecule has 1 aromatic heterocycles. The summed E-state index contributed by atoms with van der Waals surface area (Å²) in [5.74, 6) is -0.848. The van der Waals surface area contributed by atoms with Gasteiger partial charge in [-0.05, 0) is 38.3 Å². The van der Waals surface area contributed by atoms with Crippen molar-refractivity contribution in [3.05, 3.63) is 16.5 Å².